The molecule has 2 aromatic heterocycles. The van der Waals surface area contributed by atoms with E-state index in [2.05, 4.69) is 21.6 Å². The van der Waals surface area contributed by atoms with E-state index in [1.165, 1.54) is 0 Å². The number of furan rings is 1. The van der Waals surface area contributed by atoms with Gasteiger partial charge in [0.25, 0.3) is 0 Å². The number of nitrogens with one attached hydrogen (secondary N) is 2. The fourth-order valence-electron chi connectivity index (χ4n) is 2.88. The fourth-order valence-corrected chi connectivity index (χ4v) is 2.88. The third-order valence-corrected chi connectivity index (χ3v) is 3.97. The van der Waals surface area contributed by atoms with Gasteiger partial charge in [-0.2, -0.15) is 5.10 Å². The van der Waals surface area contributed by atoms with Gasteiger partial charge in [-0.15, -0.1) is 0 Å². The van der Waals surface area contributed by atoms with Crippen LogP contribution in [-0.2, 0) is 12.1 Å². The van der Waals surface area contributed by atoms with Gasteiger partial charge in [-0.3, -0.25) is 5.10 Å². The van der Waals surface area contributed by atoms with Gasteiger partial charge in [0, 0.05) is 24.0 Å². The van der Waals surface area contributed by atoms with Crippen LogP contribution in [0.1, 0.15) is 29.6 Å². The number of rotatable bonds is 5. The molecule has 1 unspecified atom stereocenters. The summed E-state index contributed by atoms with van der Waals surface area (Å²) >= 11 is 0. The lowest BCUT2D eigenvalue weighted by atomic mass is 9.96. The first-order valence-electron chi connectivity index (χ1n) is 7.39. The highest BCUT2D eigenvalue weighted by Crippen LogP contribution is 2.26. The molecule has 0 fully saturated rings. The first-order valence-corrected chi connectivity index (χ1v) is 7.39. The van der Waals surface area contributed by atoms with Crippen LogP contribution in [0.3, 0.4) is 0 Å². The van der Waals surface area contributed by atoms with Crippen LogP contribution in [0.2, 0.25) is 0 Å². The van der Waals surface area contributed by atoms with E-state index in [1.807, 2.05) is 38.2 Å². The average Bonchev–Trinajstić information content (AvgIpc) is 3.05. The van der Waals surface area contributed by atoms with Crippen molar-refractivity contribution < 1.29 is 9.52 Å². The number of aryl methyl sites for hydroxylation is 2. The van der Waals surface area contributed by atoms with E-state index in [0.29, 0.717) is 13.1 Å². The van der Waals surface area contributed by atoms with E-state index in [-0.39, 0.29) is 0 Å². The number of hydrogen-bond donors (Lipinski definition) is 3. The van der Waals surface area contributed by atoms with Crippen LogP contribution >= 0.6 is 0 Å². The maximum Gasteiger partial charge on any atom is 0.107 e. The van der Waals surface area contributed by atoms with Gasteiger partial charge in [0.1, 0.15) is 17.1 Å². The Morgan fingerprint density at radius 1 is 1.36 bits per heavy atom. The number of hydrogen-bond acceptors (Lipinski definition) is 4. The molecule has 0 saturated carbocycles. The van der Waals surface area contributed by atoms with E-state index in [9.17, 15) is 5.11 Å². The molecule has 2 heterocycles. The van der Waals surface area contributed by atoms with Crippen LogP contribution in [-0.4, -0.2) is 21.8 Å². The van der Waals surface area contributed by atoms with Crippen molar-refractivity contribution in [3.05, 3.63) is 53.1 Å². The molecule has 3 N–H and O–H groups in total. The summed E-state index contributed by atoms with van der Waals surface area (Å²) in [5.41, 5.74) is 2.03. The zero-order valence-corrected chi connectivity index (χ0v) is 13.1. The molecule has 0 radical (unpaired) electrons. The molecule has 0 bridgehead atoms. The van der Waals surface area contributed by atoms with Crippen molar-refractivity contribution in [1.29, 1.82) is 0 Å². The van der Waals surface area contributed by atoms with Crippen molar-refractivity contribution in [2.24, 2.45) is 0 Å². The van der Waals surface area contributed by atoms with E-state index >= 15 is 0 Å². The Morgan fingerprint density at radius 2 is 2.18 bits per heavy atom. The summed E-state index contributed by atoms with van der Waals surface area (Å²) in [4.78, 5) is 0. The molecule has 3 rings (SSSR count). The molecule has 1 atom stereocenters. The van der Waals surface area contributed by atoms with Gasteiger partial charge in [-0.05, 0) is 32.4 Å². The van der Waals surface area contributed by atoms with Crippen LogP contribution in [0.5, 0.6) is 0 Å². The van der Waals surface area contributed by atoms with Crippen LogP contribution < -0.4 is 5.32 Å². The van der Waals surface area contributed by atoms with Gasteiger partial charge >= 0.3 is 0 Å². The number of H-pyrrole nitrogens is 1. The number of nitrogens with zero attached hydrogens (tertiary/aromatic N) is 1. The van der Waals surface area contributed by atoms with Crippen LogP contribution in [0, 0.1) is 13.8 Å². The summed E-state index contributed by atoms with van der Waals surface area (Å²) in [5.74, 6) is 1.58. The van der Waals surface area contributed by atoms with E-state index in [0.717, 1.165) is 33.6 Å². The van der Waals surface area contributed by atoms with Crippen molar-refractivity contribution in [3.8, 4) is 0 Å². The van der Waals surface area contributed by atoms with E-state index < -0.39 is 5.60 Å². The first kappa shape index (κ1) is 14.8. The molecule has 3 aromatic rings. The lowest BCUT2D eigenvalue weighted by Gasteiger charge is -2.23. The predicted octanol–water partition coefficient (Wildman–Crippen LogP) is 2.77. The quantitative estimate of drug-likeness (QED) is 0.677. The largest absolute Gasteiger partial charge is 0.466 e. The van der Waals surface area contributed by atoms with Crippen molar-refractivity contribution in [2.75, 3.05) is 6.54 Å². The smallest absolute Gasteiger partial charge is 0.107 e. The molecule has 22 heavy (non-hydrogen) atoms. The first-order chi connectivity index (χ1) is 10.5. The number of fused-ring (bicyclic) bond motifs is 1. The standard InChI is InChI=1S/C17H21N3O2/c1-11-7-15(12(2)22-11)17(3,21)10-18-8-13-5-4-6-14-9-19-20-16(13)14/h4-7,9,18,21H,8,10H2,1-3H3,(H,19,20). The van der Waals surface area contributed by atoms with Gasteiger partial charge in [0.15, 0.2) is 0 Å². The Morgan fingerprint density at radius 3 is 2.91 bits per heavy atom. The molecule has 0 aliphatic heterocycles. The van der Waals surface area contributed by atoms with Crippen molar-refractivity contribution in [3.63, 3.8) is 0 Å². The Balaban J connectivity index is 1.70. The molecule has 0 aliphatic carbocycles. The monoisotopic (exact) mass is 299 g/mol. The molecule has 116 valence electrons. The number of aromatic nitrogens is 2. The topological polar surface area (TPSA) is 74.1 Å². The zero-order chi connectivity index (χ0) is 15.7. The molecular weight excluding hydrogens is 278 g/mol. The molecule has 1 aromatic carbocycles. The molecular formula is C17H21N3O2. The van der Waals surface area contributed by atoms with Gasteiger partial charge in [-0.25, -0.2) is 0 Å². The maximum atomic E-state index is 10.7. The average molecular weight is 299 g/mol. The number of aromatic amines is 1. The fraction of sp³-hybridized carbons (Fsp3) is 0.353. The summed E-state index contributed by atoms with van der Waals surface area (Å²) in [6.45, 7) is 6.66. The van der Waals surface area contributed by atoms with Gasteiger partial charge < -0.3 is 14.8 Å². The lowest BCUT2D eigenvalue weighted by Crippen LogP contribution is -2.35. The number of para-hydroxylation sites is 1. The van der Waals surface area contributed by atoms with Crippen molar-refractivity contribution >= 4 is 10.9 Å². The minimum Gasteiger partial charge on any atom is -0.466 e. The summed E-state index contributed by atoms with van der Waals surface area (Å²) < 4.78 is 5.51. The van der Waals surface area contributed by atoms with Gasteiger partial charge in [0.2, 0.25) is 0 Å². The SMILES string of the molecule is Cc1cc(C(C)(O)CNCc2cccc3cn[nH]c23)c(C)o1. The third-order valence-electron chi connectivity index (χ3n) is 3.97. The van der Waals surface area contributed by atoms with Crippen LogP contribution in [0.4, 0.5) is 0 Å². The second kappa shape index (κ2) is 5.59. The summed E-state index contributed by atoms with van der Waals surface area (Å²) in [6.07, 6.45) is 1.81. The van der Waals surface area contributed by atoms with E-state index in [4.69, 9.17) is 4.42 Å². The second-order valence-electron chi connectivity index (χ2n) is 5.96. The molecule has 5 heteroatoms. The molecule has 5 nitrogen and oxygen atoms in total. The highest BCUT2D eigenvalue weighted by atomic mass is 16.3. The van der Waals surface area contributed by atoms with E-state index in [1.54, 1.807) is 6.92 Å². The Bertz CT molecular complexity index is 786. The van der Waals surface area contributed by atoms with Crippen molar-refractivity contribution in [1.82, 2.24) is 15.5 Å². The summed E-state index contributed by atoms with van der Waals surface area (Å²) in [7, 11) is 0. The molecule has 0 spiro atoms. The Hall–Kier alpha value is -2.11. The summed E-state index contributed by atoms with van der Waals surface area (Å²) in [6, 6.07) is 7.98. The molecule has 0 saturated heterocycles. The highest BCUT2D eigenvalue weighted by molar-refractivity contribution is 5.81. The van der Waals surface area contributed by atoms with Gasteiger partial charge in [0.05, 0.1) is 11.7 Å². The van der Waals surface area contributed by atoms with Crippen molar-refractivity contribution in [2.45, 2.75) is 32.9 Å². The Kier molecular flexibility index (Phi) is 3.76. The van der Waals surface area contributed by atoms with Gasteiger partial charge in [-0.1, -0.05) is 18.2 Å². The number of aliphatic hydroxyl groups is 1. The predicted molar refractivity (Wildman–Crippen MR) is 85.6 cm³/mol. The highest BCUT2D eigenvalue weighted by Gasteiger charge is 2.27. The normalized spacial score (nSPS) is 14.4. The minimum absolute atomic E-state index is 0.442. The summed E-state index contributed by atoms with van der Waals surface area (Å²) in [5, 5.41) is 22.2. The number of benzene rings is 1. The lowest BCUT2D eigenvalue weighted by molar-refractivity contribution is 0.0552. The third kappa shape index (κ3) is 2.77. The maximum absolute atomic E-state index is 10.7. The van der Waals surface area contributed by atoms with Crippen LogP contribution in [0.15, 0.2) is 34.9 Å². The molecule has 0 aliphatic rings. The minimum atomic E-state index is -0.969. The Labute approximate surface area is 129 Å². The molecule has 0 amide bonds. The second-order valence-corrected chi connectivity index (χ2v) is 5.96. The van der Waals surface area contributed by atoms with Crippen LogP contribution in [0.25, 0.3) is 10.9 Å². The zero-order valence-electron chi connectivity index (χ0n) is 13.1.